The number of benzene rings is 1. The lowest BCUT2D eigenvalue weighted by molar-refractivity contribution is 0.366. The fraction of sp³-hybridized carbons (Fsp3) is 0.150. The normalized spacial score (nSPS) is 17.3. The highest BCUT2D eigenvalue weighted by Gasteiger charge is 2.30. The fourth-order valence-electron chi connectivity index (χ4n) is 2.82. The van der Waals surface area contributed by atoms with Gasteiger partial charge in [-0.15, -0.1) is 0 Å². The standard InChI is InChI=1S/C20H16N4S/c1-2-24-18(9-8-15-6-4-3-5-7-15)20(16-10-11-25-14-16)23-17(12-21)19(24)13-22/h3-11,14,18H,2H2,1H3/b9-8+/t18-/m0/s1. The van der Waals surface area contributed by atoms with Gasteiger partial charge < -0.3 is 4.90 Å². The van der Waals surface area contributed by atoms with Crippen molar-refractivity contribution >= 4 is 23.1 Å². The van der Waals surface area contributed by atoms with Gasteiger partial charge in [-0.2, -0.15) is 21.9 Å². The van der Waals surface area contributed by atoms with Gasteiger partial charge in [-0.3, -0.25) is 0 Å². The van der Waals surface area contributed by atoms with Crippen molar-refractivity contribution in [3.05, 3.63) is 75.8 Å². The van der Waals surface area contributed by atoms with Gasteiger partial charge in [-0.1, -0.05) is 42.5 Å². The average molecular weight is 344 g/mol. The van der Waals surface area contributed by atoms with Crippen LogP contribution in [0.1, 0.15) is 18.1 Å². The maximum Gasteiger partial charge on any atom is 0.175 e. The molecule has 0 aliphatic carbocycles. The van der Waals surface area contributed by atoms with Crippen LogP contribution in [0.5, 0.6) is 0 Å². The third kappa shape index (κ3) is 3.38. The van der Waals surface area contributed by atoms with Crippen molar-refractivity contribution < 1.29 is 0 Å². The van der Waals surface area contributed by atoms with E-state index in [-0.39, 0.29) is 11.7 Å². The molecule has 0 radical (unpaired) electrons. The van der Waals surface area contributed by atoms with Gasteiger partial charge in [0.15, 0.2) is 11.4 Å². The summed E-state index contributed by atoms with van der Waals surface area (Å²) in [6.45, 7) is 2.59. The molecule has 3 rings (SSSR count). The summed E-state index contributed by atoms with van der Waals surface area (Å²) in [4.78, 5) is 6.44. The van der Waals surface area contributed by atoms with Crippen LogP contribution in [-0.4, -0.2) is 23.2 Å². The van der Waals surface area contributed by atoms with Gasteiger partial charge in [0.25, 0.3) is 0 Å². The van der Waals surface area contributed by atoms with Crippen LogP contribution in [0.2, 0.25) is 0 Å². The highest BCUT2D eigenvalue weighted by molar-refractivity contribution is 7.08. The van der Waals surface area contributed by atoms with E-state index in [0.717, 1.165) is 16.8 Å². The van der Waals surface area contributed by atoms with Crippen molar-refractivity contribution in [3.8, 4) is 12.1 Å². The molecule has 1 aromatic heterocycles. The van der Waals surface area contributed by atoms with Crippen molar-refractivity contribution in [2.75, 3.05) is 6.54 Å². The highest BCUT2D eigenvalue weighted by Crippen LogP contribution is 2.26. The van der Waals surface area contributed by atoms with Crippen molar-refractivity contribution in [3.63, 3.8) is 0 Å². The maximum absolute atomic E-state index is 9.52. The lowest BCUT2D eigenvalue weighted by Crippen LogP contribution is -2.42. The first-order valence-electron chi connectivity index (χ1n) is 7.94. The molecule has 1 aliphatic rings. The van der Waals surface area contributed by atoms with Gasteiger partial charge in [-0.25, -0.2) is 4.99 Å². The topological polar surface area (TPSA) is 63.2 Å². The Morgan fingerprint density at radius 2 is 2.00 bits per heavy atom. The van der Waals surface area contributed by atoms with E-state index in [9.17, 15) is 10.5 Å². The number of nitrogens with zero attached hydrogens (tertiary/aromatic N) is 4. The Morgan fingerprint density at radius 1 is 1.20 bits per heavy atom. The Morgan fingerprint density at radius 3 is 2.60 bits per heavy atom. The number of hydrogen-bond donors (Lipinski definition) is 0. The Kier molecular flexibility index (Phi) is 5.09. The first-order valence-corrected chi connectivity index (χ1v) is 8.88. The summed E-state index contributed by atoms with van der Waals surface area (Å²) >= 11 is 1.59. The monoisotopic (exact) mass is 344 g/mol. The lowest BCUT2D eigenvalue weighted by atomic mass is 9.99. The molecule has 0 unspecified atom stereocenters. The Bertz CT molecular complexity index is 909. The predicted molar refractivity (Wildman–Crippen MR) is 101 cm³/mol. The summed E-state index contributed by atoms with van der Waals surface area (Å²) in [6, 6.07) is 16.0. The number of aliphatic imine (C=N–C) groups is 1. The number of thiophene rings is 1. The van der Waals surface area contributed by atoms with Gasteiger partial charge in [0.05, 0.1) is 11.8 Å². The van der Waals surface area contributed by atoms with Crippen molar-refractivity contribution in [2.45, 2.75) is 13.0 Å². The van der Waals surface area contributed by atoms with E-state index in [0.29, 0.717) is 12.2 Å². The molecule has 1 aliphatic heterocycles. The second-order valence-electron chi connectivity index (χ2n) is 5.43. The Hall–Kier alpha value is -3.15. The smallest absolute Gasteiger partial charge is 0.175 e. The molecule has 5 heteroatoms. The third-order valence-corrected chi connectivity index (χ3v) is 4.68. The first-order chi connectivity index (χ1) is 12.3. The summed E-state index contributed by atoms with van der Waals surface area (Å²) < 4.78 is 0. The lowest BCUT2D eigenvalue weighted by Gasteiger charge is -2.33. The second-order valence-corrected chi connectivity index (χ2v) is 6.21. The van der Waals surface area contributed by atoms with Gasteiger partial charge in [0.1, 0.15) is 12.1 Å². The van der Waals surface area contributed by atoms with E-state index in [2.05, 4.69) is 17.1 Å². The van der Waals surface area contributed by atoms with Crippen molar-refractivity contribution in [1.29, 1.82) is 10.5 Å². The first kappa shape index (κ1) is 16.7. The van der Waals surface area contributed by atoms with E-state index in [4.69, 9.17) is 0 Å². The molecule has 0 saturated carbocycles. The van der Waals surface area contributed by atoms with Crippen LogP contribution in [0, 0.1) is 22.7 Å². The quantitative estimate of drug-likeness (QED) is 0.834. The molecule has 0 amide bonds. The van der Waals surface area contributed by atoms with E-state index in [1.54, 1.807) is 11.3 Å². The van der Waals surface area contributed by atoms with Crippen LogP contribution >= 0.6 is 11.3 Å². The number of hydrogen-bond acceptors (Lipinski definition) is 5. The molecule has 25 heavy (non-hydrogen) atoms. The molecule has 0 saturated heterocycles. The van der Waals surface area contributed by atoms with E-state index < -0.39 is 0 Å². The zero-order valence-electron chi connectivity index (χ0n) is 13.8. The van der Waals surface area contributed by atoms with E-state index >= 15 is 0 Å². The molecular weight excluding hydrogens is 328 g/mol. The zero-order chi connectivity index (χ0) is 17.6. The zero-order valence-corrected chi connectivity index (χ0v) is 14.6. The minimum absolute atomic E-state index is 0.176. The summed E-state index contributed by atoms with van der Waals surface area (Å²) in [5.41, 5.74) is 3.36. The minimum Gasteiger partial charge on any atom is -0.349 e. The second kappa shape index (κ2) is 7.61. The Labute approximate surface area is 151 Å². The number of likely N-dealkylation sites (N-methyl/N-ethyl adjacent to an activating group) is 1. The SMILES string of the molecule is CCN1C(C#N)=C(C#N)N=C(c2ccsc2)[C@@H]1/C=C/c1ccccc1. The van der Waals surface area contributed by atoms with Gasteiger partial charge in [0.2, 0.25) is 0 Å². The van der Waals surface area contributed by atoms with Crippen molar-refractivity contribution in [1.82, 2.24) is 4.90 Å². The number of rotatable bonds is 4. The predicted octanol–water partition coefficient (Wildman–Crippen LogP) is 4.21. The van der Waals surface area contributed by atoms with Crippen LogP contribution in [0.3, 0.4) is 0 Å². The minimum atomic E-state index is -0.188. The van der Waals surface area contributed by atoms with Gasteiger partial charge >= 0.3 is 0 Å². The molecule has 0 fully saturated rings. The highest BCUT2D eigenvalue weighted by atomic mass is 32.1. The van der Waals surface area contributed by atoms with Crippen LogP contribution < -0.4 is 0 Å². The summed E-state index contributed by atoms with van der Waals surface area (Å²) in [6.07, 6.45) is 4.07. The molecule has 4 nitrogen and oxygen atoms in total. The van der Waals surface area contributed by atoms with Crippen LogP contribution in [0.25, 0.3) is 6.08 Å². The summed E-state index contributed by atoms with van der Waals surface area (Å²) in [5.74, 6) is 0. The van der Waals surface area contributed by atoms with Gasteiger partial charge in [-0.05, 0) is 29.3 Å². The number of allylic oxidation sites excluding steroid dienone is 2. The van der Waals surface area contributed by atoms with Crippen LogP contribution in [-0.2, 0) is 0 Å². The molecule has 0 bridgehead atoms. The molecular formula is C20H16N4S. The molecule has 1 atom stereocenters. The molecule has 2 aromatic rings. The molecule has 2 heterocycles. The molecule has 1 aromatic carbocycles. The van der Waals surface area contributed by atoms with E-state index in [1.165, 1.54) is 0 Å². The van der Waals surface area contributed by atoms with Crippen LogP contribution in [0.15, 0.2) is 69.6 Å². The average Bonchev–Trinajstić information content (AvgIpc) is 3.20. The third-order valence-electron chi connectivity index (χ3n) is 4.00. The van der Waals surface area contributed by atoms with Crippen molar-refractivity contribution in [2.24, 2.45) is 4.99 Å². The molecule has 0 N–H and O–H groups in total. The van der Waals surface area contributed by atoms with Crippen LogP contribution in [0.4, 0.5) is 0 Å². The molecule has 122 valence electrons. The summed E-state index contributed by atoms with van der Waals surface area (Å²) in [7, 11) is 0. The fourth-order valence-corrected chi connectivity index (χ4v) is 3.47. The Balaban J connectivity index is 2.09. The maximum atomic E-state index is 9.52. The largest absolute Gasteiger partial charge is 0.349 e. The van der Waals surface area contributed by atoms with Gasteiger partial charge in [0, 0.05) is 12.1 Å². The number of nitriles is 2. The summed E-state index contributed by atoms with van der Waals surface area (Å²) in [5, 5.41) is 22.9. The molecule has 0 spiro atoms. The van der Waals surface area contributed by atoms with E-state index in [1.807, 2.05) is 71.1 Å².